The van der Waals surface area contributed by atoms with E-state index in [1.54, 1.807) is 24.3 Å². The summed E-state index contributed by atoms with van der Waals surface area (Å²) in [6.07, 6.45) is 0.0380. The highest BCUT2D eigenvalue weighted by molar-refractivity contribution is 8.04. The van der Waals surface area contributed by atoms with Crippen LogP contribution in [0.5, 0.6) is 0 Å². The van der Waals surface area contributed by atoms with Gasteiger partial charge in [0.2, 0.25) is 5.91 Å². The van der Waals surface area contributed by atoms with Crippen molar-refractivity contribution in [2.45, 2.75) is 46.0 Å². The van der Waals surface area contributed by atoms with E-state index in [0.29, 0.717) is 28.3 Å². The molecule has 1 aromatic rings. The predicted octanol–water partition coefficient (Wildman–Crippen LogP) is 3.29. The SMILES string of the molecule is CC(=O)Nc1ccc(C2=C(SC(C)C)C(=O)N(CCOC(C)C)C2=O)cc1. The van der Waals surface area contributed by atoms with Gasteiger partial charge < -0.3 is 10.1 Å². The molecule has 7 heteroatoms. The molecule has 1 N–H and O–H groups in total. The highest BCUT2D eigenvalue weighted by Gasteiger charge is 2.39. The number of carbonyl (C=O) groups excluding carboxylic acids is 3. The van der Waals surface area contributed by atoms with Crippen molar-refractivity contribution in [1.29, 1.82) is 0 Å². The second kappa shape index (κ2) is 9.19. The standard InChI is InChI=1S/C20H26N2O4S/c1-12(2)26-11-10-22-19(24)17(18(20(22)25)27-13(3)4)15-6-8-16(9-7-15)21-14(5)23/h6-9,12-13H,10-11H2,1-5H3,(H,21,23). The van der Waals surface area contributed by atoms with Crippen LogP contribution < -0.4 is 5.32 Å². The van der Waals surface area contributed by atoms with Gasteiger partial charge in [-0.15, -0.1) is 11.8 Å². The molecule has 1 aromatic carbocycles. The number of hydrogen-bond donors (Lipinski definition) is 1. The minimum Gasteiger partial charge on any atom is -0.377 e. The van der Waals surface area contributed by atoms with Crippen molar-refractivity contribution < 1.29 is 19.1 Å². The Bertz CT molecular complexity index is 754. The summed E-state index contributed by atoms with van der Waals surface area (Å²) in [7, 11) is 0. The normalized spacial score (nSPS) is 14.7. The van der Waals surface area contributed by atoms with Crippen molar-refractivity contribution in [2.75, 3.05) is 18.5 Å². The van der Waals surface area contributed by atoms with E-state index in [0.717, 1.165) is 0 Å². The van der Waals surface area contributed by atoms with Crippen LogP contribution in [0.3, 0.4) is 0 Å². The molecule has 146 valence electrons. The van der Waals surface area contributed by atoms with Gasteiger partial charge in [0, 0.05) is 17.9 Å². The minimum absolute atomic E-state index is 0.0380. The molecule has 0 saturated carbocycles. The van der Waals surface area contributed by atoms with E-state index < -0.39 is 0 Å². The lowest BCUT2D eigenvalue weighted by molar-refractivity contribution is -0.137. The number of nitrogens with zero attached hydrogens (tertiary/aromatic N) is 1. The minimum atomic E-state index is -0.303. The van der Waals surface area contributed by atoms with Gasteiger partial charge in [0.25, 0.3) is 11.8 Å². The van der Waals surface area contributed by atoms with Gasteiger partial charge in [-0.3, -0.25) is 19.3 Å². The van der Waals surface area contributed by atoms with E-state index in [9.17, 15) is 14.4 Å². The quantitative estimate of drug-likeness (QED) is 0.690. The van der Waals surface area contributed by atoms with Crippen molar-refractivity contribution in [3.05, 3.63) is 34.7 Å². The molecule has 0 radical (unpaired) electrons. The van der Waals surface area contributed by atoms with E-state index in [2.05, 4.69) is 5.32 Å². The van der Waals surface area contributed by atoms with Crippen molar-refractivity contribution in [3.8, 4) is 0 Å². The van der Waals surface area contributed by atoms with Gasteiger partial charge in [-0.1, -0.05) is 26.0 Å². The first kappa shape index (κ1) is 21.2. The lowest BCUT2D eigenvalue weighted by atomic mass is 10.1. The molecule has 0 aromatic heterocycles. The van der Waals surface area contributed by atoms with Crippen molar-refractivity contribution >= 4 is 40.7 Å². The zero-order valence-corrected chi connectivity index (χ0v) is 17.2. The van der Waals surface area contributed by atoms with Crippen LogP contribution in [0.15, 0.2) is 29.2 Å². The lowest BCUT2D eigenvalue weighted by Gasteiger charge is -2.16. The Labute approximate surface area is 164 Å². The zero-order chi connectivity index (χ0) is 20.1. The highest BCUT2D eigenvalue weighted by atomic mass is 32.2. The second-order valence-corrected chi connectivity index (χ2v) is 8.40. The van der Waals surface area contributed by atoms with Crippen LogP contribution >= 0.6 is 11.8 Å². The monoisotopic (exact) mass is 390 g/mol. The van der Waals surface area contributed by atoms with Gasteiger partial charge in [0.1, 0.15) is 0 Å². The number of rotatable bonds is 8. The molecular weight excluding hydrogens is 364 g/mol. The largest absolute Gasteiger partial charge is 0.377 e. The summed E-state index contributed by atoms with van der Waals surface area (Å²) in [4.78, 5) is 38.7. The third-order valence-electron chi connectivity index (χ3n) is 3.74. The van der Waals surface area contributed by atoms with Crippen LogP contribution in [0.4, 0.5) is 5.69 Å². The Morgan fingerprint density at radius 1 is 1.11 bits per heavy atom. The van der Waals surface area contributed by atoms with Gasteiger partial charge in [0.15, 0.2) is 0 Å². The van der Waals surface area contributed by atoms with Gasteiger partial charge in [-0.25, -0.2) is 0 Å². The van der Waals surface area contributed by atoms with E-state index in [-0.39, 0.29) is 35.6 Å². The number of hydrogen-bond acceptors (Lipinski definition) is 5. The van der Waals surface area contributed by atoms with Crippen molar-refractivity contribution in [1.82, 2.24) is 4.90 Å². The average Bonchev–Trinajstić information content (AvgIpc) is 2.79. The highest BCUT2D eigenvalue weighted by Crippen LogP contribution is 2.38. The average molecular weight is 391 g/mol. The molecular formula is C20H26N2O4S. The van der Waals surface area contributed by atoms with Gasteiger partial charge in [0.05, 0.1) is 29.7 Å². The summed E-state index contributed by atoms with van der Waals surface area (Å²) < 4.78 is 5.50. The first-order chi connectivity index (χ1) is 12.7. The summed E-state index contributed by atoms with van der Waals surface area (Å²) >= 11 is 1.39. The Balaban J connectivity index is 2.30. The molecule has 6 nitrogen and oxygen atoms in total. The molecule has 0 aliphatic carbocycles. The fourth-order valence-corrected chi connectivity index (χ4v) is 3.67. The number of carbonyl (C=O) groups is 3. The zero-order valence-electron chi connectivity index (χ0n) is 16.4. The van der Waals surface area contributed by atoms with Gasteiger partial charge >= 0.3 is 0 Å². The summed E-state index contributed by atoms with van der Waals surface area (Å²) in [5.74, 6) is -0.740. The molecule has 2 rings (SSSR count). The number of benzene rings is 1. The van der Waals surface area contributed by atoms with E-state index in [4.69, 9.17) is 4.74 Å². The van der Waals surface area contributed by atoms with Crippen LogP contribution in [0.1, 0.15) is 40.2 Å². The van der Waals surface area contributed by atoms with Crippen LogP contribution in [-0.2, 0) is 19.1 Å². The van der Waals surface area contributed by atoms with E-state index in [1.165, 1.54) is 23.6 Å². The van der Waals surface area contributed by atoms with Gasteiger partial charge in [-0.05, 0) is 31.5 Å². The maximum absolute atomic E-state index is 13.0. The Morgan fingerprint density at radius 3 is 2.26 bits per heavy atom. The Hall–Kier alpha value is -2.12. The fraction of sp³-hybridized carbons (Fsp3) is 0.450. The van der Waals surface area contributed by atoms with Gasteiger partial charge in [-0.2, -0.15) is 0 Å². The first-order valence-electron chi connectivity index (χ1n) is 8.97. The van der Waals surface area contributed by atoms with Crippen LogP contribution in [0.2, 0.25) is 0 Å². The molecule has 0 saturated heterocycles. The van der Waals surface area contributed by atoms with E-state index >= 15 is 0 Å². The fourth-order valence-electron chi connectivity index (χ4n) is 2.66. The molecule has 0 spiro atoms. The lowest BCUT2D eigenvalue weighted by Crippen LogP contribution is -2.35. The predicted molar refractivity (Wildman–Crippen MR) is 108 cm³/mol. The number of amides is 3. The van der Waals surface area contributed by atoms with Crippen LogP contribution in [0.25, 0.3) is 5.57 Å². The number of ether oxygens (including phenoxy) is 1. The molecule has 1 aliphatic heterocycles. The number of thioether (sulfide) groups is 1. The summed E-state index contributed by atoms with van der Waals surface area (Å²) in [6.45, 7) is 9.76. The summed E-state index contributed by atoms with van der Waals surface area (Å²) in [6, 6.07) is 6.95. The third kappa shape index (κ3) is 5.43. The first-order valence-corrected chi connectivity index (χ1v) is 9.85. The van der Waals surface area contributed by atoms with Crippen molar-refractivity contribution in [2.24, 2.45) is 0 Å². The molecule has 0 bridgehead atoms. The molecule has 1 aliphatic rings. The Morgan fingerprint density at radius 2 is 1.74 bits per heavy atom. The number of imide groups is 1. The van der Waals surface area contributed by atoms with E-state index in [1.807, 2.05) is 27.7 Å². The third-order valence-corrected chi connectivity index (χ3v) is 4.82. The van der Waals surface area contributed by atoms with Crippen LogP contribution in [-0.4, -0.2) is 47.1 Å². The summed E-state index contributed by atoms with van der Waals surface area (Å²) in [5, 5.41) is 2.86. The number of anilines is 1. The molecule has 0 fully saturated rings. The smallest absolute Gasteiger partial charge is 0.268 e. The molecule has 0 unspecified atom stereocenters. The molecule has 27 heavy (non-hydrogen) atoms. The molecule has 3 amide bonds. The maximum Gasteiger partial charge on any atom is 0.268 e. The van der Waals surface area contributed by atoms with Crippen LogP contribution in [0, 0.1) is 0 Å². The molecule has 0 atom stereocenters. The Kier molecular flexibility index (Phi) is 7.21. The number of nitrogens with one attached hydrogen (secondary N) is 1. The second-order valence-electron chi connectivity index (χ2n) is 6.81. The van der Waals surface area contributed by atoms with Crippen molar-refractivity contribution in [3.63, 3.8) is 0 Å². The summed E-state index contributed by atoms with van der Waals surface area (Å²) in [5.41, 5.74) is 1.72. The topological polar surface area (TPSA) is 75.7 Å². The molecule has 1 heterocycles. The maximum atomic E-state index is 13.0.